The summed E-state index contributed by atoms with van der Waals surface area (Å²) >= 11 is 0. The van der Waals surface area contributed by atoms with Gasteiger partial charge in [0.15, 0.2) is 0 Å². The van der Waals surface area contributed by atoms with Gasteiger partial charge in [-0.25, -0.2) is 4.98 Å². The summed E-state index contributed by atoms with van der Waals surface area (Å²) in [6.45, 7) is 27.0. The molecule has 0 aliphatic rings. The van der Waals surface area contributed by atoms with Crippen LogP contribution in [0.2, 0.25) is 0 Å². The molecule has 0 saturated heterocycles. The van der Waals surface area contributed by atoms with Crippen LogP contribution < -0.4 is 9.30 Å². The van der Waals surface area contributed by atoms with E-state index in [1.807, 2.05) is 6.20 Å². The van der Waals surface area contributed by atoms with E-state index in [9.17, 15) is 0 Å². The van der Waals surface area contributed by atoms with Crippen LogP contribution in [0.1, 0.15) is 105 Å². The molecule has 0 fully saturated rings. The number of imidazole rings is 1. The number of nitrogens with zero attached hydrogens (tertiary/aromatic N) is 4. The van der Waals surface area contributed by atoms with Crippen LogP contribution in [0, 0.1) is 6.33 Å². The van der Waals surface area contributed by atoms with Gasteiger partial charge in [-0.2, -0.15) is 0 Å². The second kappa shape index (κ2) is 12.8. The van der Waals surface area contributed by atoms with Crippen molar-refractivity contribution in [2.75, 3.05) is 0 Å². The molecule has 5 nitrogen and oxygen atoms in total. The molecular formula is C48H54N4O. The zero-order valence-electron chi connectivity index (χ0n) is 33.6. The maximum Gasteiger partial charge on any atom is 0.269 e. The molecule has 3 heterocycles. The van der Waals surface area contributed by atoms with E-state index in [-0.39, 0.29) is 21.7 Å². The first-order valence-corrected chi connectivity index (χ1v) is 18.8. The summed E-state index contributed by atoms with van der Waals surface area (Å²) in [5.41, 5.74) is 9.02. The highest BCUT2D eigenvalue weighted by Gasteiger charge is 2.25. The SMILES string of the molecule is CC(C)(C)c1ccc(-[n+]2[c-]n(-c3cc(Oc4ccc5c6ccccc6n(-c6cc(C(C)(C)C)ccn6)c5c4)cc(C(C)(C)C)c3)c(C(C)(C)C)c2)cc1. The summed E-state index contributed by atoms with van der Waals surface area (Å²) < 4.78 is 13.4. The van der Waals surface area contributed by atoms with Crippen molar-refractivity contribution in [3.05, 3.63) is 138 Å². The number of pyridine rings is 1. The van der Waals surface area contributed by atoms with Gasteiger partial charge in [0.2, 0.25) is 0 Å². The summed E-state index contributed by atoms with van der Waals surface area (Å²) in [5, 5.41) is 2.35. The van der Waals surface area contributed by atoms with E-state index in [1.54, 1.807) is 0 Å². The minimum Gasteiger partial charge on any atom is -0.458 e. The Bertz CT molecular complexity index is 2450. The molecule has 0 unspecified atom stereocenters. The Balaban J connectivity index is 1.35. The van der Waals surface area contributed by atoms with E-state index in [2.05, 4.69) is 206 Å². The molecule has 3 aromatic heterocycles. The number of rotatable bonds is 5. The van der Waals surface area contributed by atoms with Gasteiger partial charge >= 0.3 is 0 Å². The summed E-state index contributed by atoms with van der Waals surface area (Å²) in [4.78, 5) is 4.87. The van der Waals surface area contributed by atoms with Crippen molar-refractivity contribution in [3.8, 4) is 28.7 Å². The predicted octanol–water partition coefficient (Wildman–Crippen LogP) is 12.0. The first-order chi connectivity index (χ1) is 24.8. The third kappa shape index (κ3) is 7.14. The van der Waals surface area contributed by atoms with E-state index in [0.717, 1.165) is 50.8 Å². The third-order valence-electron chi connectivity index (χ3n) is 10.2. The number of hydrogen-bond acceptors (Lipinski definition) is 2. The molecular weight excluding hydrogens is 649 g/mol. The van der Waals surface area contributed by atoms with Crippen LogP contribution in [0.4, 0.5) is 0 Å². The first-order valence-electron chi connectivity index (χ1n) is 18.8. The van der Waals surface area contributed by atoms with Crippen LogP contribution in [-0.4, -0.2) is 14.1 Å². The van der Waals surface area contributed by atoms with Crippen LogP contribution in [0.3, 0.4) is 0 Å². The van der Waals surface area contributed by atoms with Crippen molar-refractivity contribution in [2.45, 2.75) is 105 Å². The molecule has 7 rings (SSSR count). The Morgan fingerprint density at radius 2 is 1.23 bits per heavy atom. The van der Waals surface area contributed by atoms with Crippen LogP contribution in [0.15, 0.2) is 109 Å². The molecule has 53 heavy (non-hydrogen) atoms. The molecule has 0 spiro atoms. The Labute approximate surface area is 315 Å². The lowest BCUT2D eigenvalue weighted by atomic mass is 9.86. The molecule has 4 aromatic carbocycles. The highest BCUT2D eigenvalue weighted by atomic mass is 16.5. The molecule has 0 aliphatic carbocycles. The van der Waals surface area contributed by atoms with Gasteiger partial charge in [-0.3, -0.25) is 13.7 Å². The fourth-order valence-corrected chi connectivity index (χ4v) is 6.96. The lowest BCUT2D eigenvalue weighted by Gasteiger charge is -2.24. The van der Waals surface area contributed by atoms with Crippen molar-refractivity contribution in [1.82, 2.24) is 14.1 Å². The van der Waals surface area contributed by atoms with E-state index < -0.39 is 0 Å². The van der Waals surface area contributed by atoms with Crippen molar-refractivity contribution < 1.29 is 9.30 Å². The molecule has 0 N–H and O–H groups in total. The monoisotopic (exact) mass is 702 g/mol. The van der Waals surface area contributed by atoms with E-state index in [1.165, 1.54) is 22.1 Å². The van der Waals surface area contributed by atoms with Gasteiger partial charge in [0, 0.05) is 29.2 Å². The number of fused-ring (bicyclic) bond motifs is 3. The Kier molecular flexibility index (Phi) is 8.71. The van der Waals surface area contributed by atoms with Gasteiger partial charge in [-0.05, 0) is 99.0 Å². The lowest BCUT2D eigenvalue weighted by molar-refractivity contribution is -0.599. The van der Waals surface area contributed by atoms with Crippen LogP contribution in [-0.2, 0) is 21.7 Å². The second-order valence-corrected chi connectivity index (χ2v) is 18.6. The number of para-hydroxylation sites is 1. The molecule has 0 atom stereocenters. The zero-order valence-corrected chi connectivity index (χ0v) is 33.6. The average molecular weight is 703 g/mol. The van der Waals surface area contributed by atoms with Crippen LogP contribution in [0.25, 0.3) is 39.0 Å². The molecule has 0 amide bonds. The largest absolute Gasteiger partial charge is 0.458 e. The number of benzene rings is 4. The van der Waals surface area contributed by atoms with Gasteiger partial charge < -0.3 is 4.74 Å². The van der Waals surface area contributed by atoms with Crippen LogP contribution in [0.5, 0.6) is 11.5 Å². The number of ether oxygens (including phenoxy) is 1. The van der Waals surface area contributed by atoms with E-state index in [4.69, 9.17) is 9.72 Å². The van der Waals surface area contributed by atoms with Gasteiger partial charge in [0.05, 0.1) is 28.1 Å². The fraction of sp³-hybridized carbons (Fsp3) is 0.333. The lowest BCUT2D eigenvalue weighted by Crippen LogP contribution is -2.28. The Morgan fingerprint density at radius 3 is 1.89 bits per heavy atom. The van der Waals surface area contributed by atoms with Gasteiger partial charge in [-0.1, -0.05) is 113 Å². The average Bonchev–Trinajstić information content (AvgIpc) is 3.68. The third-order valence-corrected chi connectivity index (χ3v) is 10.2. The number of aromatic nitrogens is 4. The van der Waals surface area contributed by atoms with Gasteiger partial charge in [0.25, 0.3) is 6.33 Å². The molecule has 0 saturated carbocycles. The van der Waals surface area contributed by atoms with Crippen molar-refractivity contribution in [1.29, 1.82) is 0 Å². The van der Waals surface area contributed by atoms with Crippen LogP contribution >= 0.6 is 0 Å². The smallest absolute Gasteiger partial charge is 0.269 e. The summed E-state index contributed by atoms with van der Waals surface area (Å²) in [6.07, 6.45) is 7.83. The van der Waals surface area contributed by atoms with Crippen molar-refractivity contribution in [3.63, 3.8) is 0 Å². The highest BCUT2D eigenvalue weighted by molar-refractivity contribution is 6.09. The predicted molar refractivity (Wildman–Crippen MR) is 220 cm³/mol. The maximum absolute atomic E-state index is 6.84. The zero-order chi connectivity index (χ0) is 38.1. The Hall–Kier alpha value is -5.16. The highest BCUT2D eigenvalue weighted by Crippen LogP contribution is 2.38. The minimum absolute atomic E-state index is 0.000651. The summed E-state index contributed by atoms with van der Waals surface area (Å²) in [6, 6.07) is 34.7. The maximum atomic E-state index is 6.84. The number of hydrogen-bond donors (Lipinski definition) is 0. The summed E-state index contributed by atoms with van der Waals surface area (Å²) in [5.74, 6) is 2.45. The molecule has 0 bridgehead atoms. The standard InChI is InChI=1S/C48H54N4O/c1-45(2,3)32-17-19-35(20-18-32)50-30-43(48(10,11)12)51(31-50)36-25-34(47(7,8)9)26-38(28-36)53-37-21-22-40-39-15-13-14-16-41(39)52(42(40)29-37)44-27-33(23-24-49-44)46(4,5)6/h13-30H,1-12H3. The topological polar surface area (TPSA) is 35.9 Å². The van der Waals surface area contributed by atoms with Crippen molar-refractivity contribution >= 4 is 21.8 Å². The Morgan fingerprint density at radius 1 is 0.566 bits per heavy atom. The molecule has 272 valence electrons. The van der Waals surface area contributed by atoms with Gasteiger partial charge in [-0.15, -0.1) is 0 Å². The summed E-state index contributed by atoms with van der Waals surface area (Å²) in [7, 11) is 0. The second-order valence-electron chi connectivity index (χ2n) is 18.6. The van der Waals surface area contributed by atoms with Crippen molar-refractivity contribution in [2.24, 2.45) is 0 Å². The van der Waals surface area contributed by atoms with E-state index in [0.29, 0.717) is 0 Å². The fourth-order valence-electron chi connectivity index (χ4n) is 6.96. The molecule has 5 heteroatoms. The molecule has 0 aliphatic heterocycles. The minimum atomic E-state index is -0.136. The first kappa shape index (κ1) is 36.2. The molecule has 7 aromatic rings. The van der Waals surface area contributed by atoms with Gasteiger partial charge in [0.1, 0.15) is 17.3 Å². The molecule has 0 radical (unpaired) electrons. The van der Waals surface area contributed by atoms with E-state index >= 15 is 0 Å². The normalized spacial score (nSPS) is 12.9. The quantitative estimate of drug-likeness (QED) is 0.132.